The molecule has 0 radical (unpaired) electrons. The molecule has 2 aliphatic rings. The van der Waals surface area contributed by atoms with Crippen molar-refractivity contribution in [2.45, 2.75) is 45.1 Å². The predicted octanol–water partition coefficient (Wildman–Crippen LogP) is 4.17. The Hall–Kier alpha value is -3.35. The van der Waals surface area contributed by atoms with Gasteiger partial charge in [-0.3, -0.25) is 9.59 Å². The summed E-state index contributed by atoms with van der Waals surface area (Å²) >= 11 is 0. The summed E-state index contributed by atoms with van der Waals surface area (Å²) in [6.45, 7) is 4.17. The van der Waals surface area contributed by atoms with Crippen LogP contribution >= 0.6 is 0 Å². The van der Waals surface area contributed by atoms with Crippen molar-refractivity contribution in [3.8, 4) is 11.1 Å². The Morgan fingerprint density at radius 1 is 1.00 bits per heavy atom. The number of rotatable bonds is 10. The molecule has 1 fully saturated rings. The van der Waals surface area contributed by atoms with Gasteiger partial charge in [0.15, 0.2) is 0 Å². The molecule has 0 aliphatic heterocycles. The number of aliphatic carboxylic acids is 1. The first kappa shape index (κ1) is 23.8. The summed E-state index contributed by atoms with van der Waals surface area (Å²) in [5, 5.41) is 14.7. The minimum atomic E-state index is -0.858. The van der Waals surface area contributed by atoms with Crippen LogP contribution in [0.4, 0.5) is 4.79 Å². The number of hydrogen-bond acceptors (Lipinski definition) is 4. The van der Waals surface area contributed by atoms with Crippen molar-refractivity contribution in [3.63, 3.8) is 0 Å². The molecule has 4 rings (SSSR count). The number of ether oxygens (including phenoxy) is 1. The maximum atomic E-state index is 12.8. The highest BCUT2D eigenvalue weighted by Crippen LogP contribution is 2.44. The van der Waals surface area contributed by atoms with E-state index in [1.54, 1.807) is 0 Å². The highest BCUT2D eigenvalue weighted by molar-refractivity contribution is 5.86. The van der Waals surface area contributed by atoms with E-state index >= 15 is 0 Å². The normalized spacial score (nSPS) is 16.3. The van der Waals surface area contributed by atoms with Crippen LogP contribution in [-0.2, 0) is 14.3 Å². The molecule has 0 saturated heterocycles. The summed E-state index contributed by atoms with van der Waals surface area (Å²) in [7, 11) is 0. The molecular formula is C27H32N2O5. The second-order valence-electron chi connectivity index (χ2n) is 9.63. The van der Waals surface area contributed by atoms with Crippen LogP contribution in [-0.4, -0.2) is 42.3 Å². The minimum absolute atomic E-state index is 0.0388. The number of nitrogens with one attached hydrogen (secondary N) is 2. The SMILES string of the molecule is CC(C)[C@H](NC(=O)OCC1c2ccccc2-c2ccccc21)C(=O)NCC(CC(=O)O)C1CC1. The van der Waals surface area contributed by atoms with Gasteiger partial charge in [-0.2, -0.15) is 0 Å². The molecule has 2 atom stereocenters. The average molecular weight is 465 g/mol. The van der Waals surface area contributed by atoms with Gasteiger partial charge in [-0.05, 0) is 52.8 Å². The number of alkyl carbamates (subject to hydrolysis) is 1. The third-order valence-corrected chi connectivity index (χ3v) is 6.83. The fourth-order valence-corrected chi connectivity index (χ4v) is 4.84. The van der Waals surface area contributed by atoms with Gasteiger partial charge in [0.2, 0.25) is 5.91 Å². The van der Waals surface area contributed by atoms with Crippen molar-refractivity contribution >= 4 is 18.0 Å². The molecule has 0 spiro atoms. The molecule has 7 heteroatoms. The van der Waals surface area contributed by atoms with E-state index < -0.39 is 18.1 Å². The summed E-state index contributed by atoms with van der Waals surface area (Å²) in [5.74, 6) is -1.12. The molecular weight excluding hydrogens is 432 g/mol. The van der Waals surface area contributed by atoms with Gasteiger partial charge in [0.05, 0.1) is 6.42 Å². The number of fused-ring (bicyclic) bond motifs is 3. The lowest BCUT2D eigenvalue weighted by Crippen LogP contribution is -2.51. The van der Waals surface area contributed by atoms with E-state index in [2.05, 4.69) is 34.9 Å². The molecule has 7 nitrogen and oxygen atoms in total. The van der Waals surface area contributed by atoms with Gasteiger partial charge in [-0.15, -0.1) is 0 Å². The van der Waals surface area contributed by atoms with Gasteiger partial charge in [0, 0.05) is 12.5 Å². The largest absolute Gasteiger partial charge is 0.481 e. The highest BCUT2D eigenvalue weighted by atomic mass is 16.5. The second kappa shape index (κ2) is 10.3. The fraction of sp³-hybridized carbons (Fsp3) is 0.444. The molecule has 180 valence electrons. The number of carboxylic acid groups (broad SMARTS) is 1. The Morgan fingerprint density at radius 2 is 1.59 bits per heavy atom. The number of benzene rings is 2. The molecule has 2 aromatic rings. The fourth-order valence-electron chi connectivity index (χ4n) is 4.84. The first-order chi connectivity index (χ1) is 16.3. The molecule has 2 amide bonds. The van der Waals surface area contributed by atoms with Crippen molar-refractivity contribution in [2.75, 3.05) is 13.2 Å². The maximum absolute atomic E-state index is 12.8. The summed E-state index contributed by atoms with van der Waals surface area (Å²) in [6, 6.07) is 15.5. The summed E-state index contributed by atoms with van der Waals surface area (Å²) in [5.41, 5.74) is 4.55. The van der Waals surface area contributed by atoms with E-state index in [1.165, 1.54) is 0 Å². The van der Waals surface area contributed by atoms with Crippen LogP contribution in [0.3, 0.4) is 0 Å². The van der Waals surface area contributed by atoms with E-state index in [9.17, 15) is 14.4 Å². The molecule has 0 aromatic heterocycles. The zero-order valence-electron chi connectivity index (χ0n) is 19.6. The van der Waals surface area contributed by atoms with Crippen molar-refractivity contribution in [1.29, 1.82) is 0 Å². The number of carbonyl (C=O) groups excluding carboxylic acids is 2. The van der Waals surface area contributed by atoms with E-state index in [1.807, 2.05) is 38.1 Å². The van der Waals surface area contributed by atoms with E-state index in [0.717, 1.165) is 35.1 Å². The minimum Gasteiger partial charge on any atom is -0.481 e. The summed E-state index contributed by atoms with van der Waals surface area (Å²) in [6.07, 6.45) is 1.40. The molecule has 0 heterocycles. The number of hydrogen-bond donors (Lipinski definition) is 3. The smallest absolute Gasteiger partial charge is 0.407 e. The van der Waals surface area contributed by atoms with Gasteiger partial charge in [0.1, 0.15) is 12.6 Å². The lowest BCUT2D eigenvalue weighted by Gasteiger charge is -2.23. The topological polar surface area (TPSA) is 105 Å². The predicted molar refractivity (Wildman–Crippen MR) is 128 cm³/mol. The highest BCUT2D eigenvalue weighted by Gasteiger charge is 2.34. The standard InChI is InChI=1S/C27H32N2O5/c1-16(2)25(26(32)28-14-18(13-24(30)31)17-11-12-17)29-27(33)34-15-23-21-9-5-3-7-19(21)20-8-4-6-10-22(20)23/h3-10,16-18,23,25H,11-15H2,1-2H3,(H,28,32)(H,29,33)(H,30,31)/t18?,25-/m0/s1. The second-order valence-corrected chi connectivity index (χ2v) is 9.63. The van der Waals surface area contributed by atoms with Crippen molar-refractivity contribution in [3.05, 3.63) is 59.7 Å². The van der Waals surface area contributed by atoms with Crippen LogP contribution in [0.5, 0.6) is 0 Å². The number of carboxylic acids is 1. The van der Waals surface area contributed by atoms with Gasteiger partial charge in [0.25, 0.3) is 0 Å². The first-order valence-corrected chi connectivity index (χ1v) is 12.0. The zero-order chi connectivity index (χ0) is 24.2. The molecule has 1 unspecified atom stereocenters. The van der Waals surface area contributed by atoms with E-state index in [-0.39, 0.29) is 36.7 Å². The van der Waals surface area contributed by atoms with E-state index in [4.69, 9.17) is 9.84 Å². The molecule has 3 N–H and O–H groups in total. The van der Waals surface area contributed by atoms with Crippen molar-refractivity contribution in [1.82, 2.24) is 10.6 Å². The quantitative estimate of drug-likeness (QED) is 0.490. The summed E-state index contributed by atoms with van der Waals surface area (Å²) in [4.78, 5) is 36.6. The van der Waals surface area contributed by atoms with Gasteiger partial charge < -0.3 is 20.5 Å². The van der Waals surface area contributed by atoms with Gasteiger partial charge in [-0.25, -0.2) is 4.79 Å². The Balaban J connectivity index is 1.34. The Bertz CT molecular complexity index is 1020. The van der Waals surface area contributed by atoms with Crippen LogP contribution in [0.1, 0.15) is 50.2 Å². The van der Waals surface area contributed by atoms with Crippen molar-refractivity contribution in [2.24, 2.45) is 17.8 Å². The lowest BCUT2D eigenvalue weighted by atomic mass is 9.98. The summed E-state index contributed by atoms with van der Waals surface area (Å²) < 4.78 is 5.59. The maximum Gasteiger partial charge on any atom is 0.407 e. The Kier molecular flexibility index (Phi) is 7.20. The van der Waals surface area contributed by atoms with Gasteiger partial charge >= 0.3 is 12.1 Å². The Labute approximate surface area is 199 Å². The molecule has 2 aromatic carbocycles. The van der Waals surface area contributed by atoms with Crippen LogP contribution in [0.25, 0.3) is 11.1 Å². The van der Waals surface area contributed by atoms with Crippen molar-refractivity contribution < 1.29 is 24.2 Å². The van der Waals surface area contributed by atoms with Crippen LogP contribution < -0.4 is 10.6 Å². The van der Waals surface area contributed by atoms with Gasteiger partial charge in [-0.1, -0.05) is 62.4 Å². The average Bonchev–Trinajstić information content (AvgIpc) is 3.61. The molecule has 2 aliphatic carbocycles. The van der Waals surface area contributed by atoms with Crippen LogP contribution in [0, 0.1) is 17.8 Å². The third-order valence-electron chi connectivity index (χ3n) is 6.83. The Morgan fingerprint density at radius 3 is 2.12 bits per heavy atom. The molecule has 0 bridgehead atoms. The van der Waals surface area contributed by atoms with Crippen LogP contribution in [0.15, 0.2) is 48.5 Å². The number of amides is 2. The first-order valence-electron chi connectivity index (χ1n) is 12.0. The third kappa shape index (κ3) is 5.41. The molecule has 1 saturated carbocycles. The van der Waals surface area contributed by atoms with Crippen LogP contribution in [0.2, 0.25) is 0 Å². The number of carbonyl (C=O) groups is 3. The zero-order valence-corrected chi connectivity index (χ0v) is 19.6. The molecule has 34 heavy (non-hydrogen) atoms. The lowest BCUT2D eigenvalue weighted by molar-refractivity contribution is -0.138. The van der Waals surface area contributed by atoms with E-state index in [0.29, 0.717) is 12.5 Å². The monoisotopic (exact) mass is 464 g/mol.